The number of para-hydroxylation sites is 2. The minimum atomic E-state index is -1.75. The zero-order valence-corrected chi connectivity index (χ0v) is 20.4. The Morgan fingerprint density at radius 3 is 2.52 bits per heavy atom. The number of nitrogens with one attached hydrogen (secondary N) is 1. The topological polar surface area (TPSA) is 103 Å². The summed E-state index contributed by atoms with van der Waals surface area (Å²) in [5, 5.41) is 7.21. The van der Waals surface area contributed by atoms with Crippen LogP contribution in [-0.2, 0) is 14.3 Å². The second kappa shape index (κ2) is 11.1. The molecule has 0 aliphatic carbocycles. The van der Waals surface area contributed by atoms with E-state index >= 15 is 0 Å². The number of aromatic nitrogens is 2. The number of hydrogen-bond donors (Lipinski definition) is 1. The van der Waals surface area contributed by atoms with Crippen molar-refractivity contribution in [3.05, 3.63) is 119 Å². The molecule has 3 aromatic carbocycles. The number of carbonyl (C=O) groups is 2. The SMILES string of the molecule is O=C(COC(=O)/C=C/c1cn(-c2ccccc2)nc1-c1cc2ccccc2oc1=O)Nc1ccc(F)c(F)c1F. The highest BCUT2D eigenvalue weighted by atomic mass is 19.2. The number of amides is 1. The van der Waals surface area contributed by atoms with E-state index in [1.54, 1.807) is 48.7 Å². The van der Waals surface area contributed by atoms with Gasteiger partial charge in [-0.05, 0) is 42.5 Å². The van der Waals surface area contributed by atoms with Crippen LogP contribution in [0.5, 0.6) is 0 Å². The average Bonchev–Trinajstić information content (AvgIpc) is 3.39. The van der Waals surface area contributed by atoms with Crippen molar-refractivity contribution in [1.29, 1.82) is 0 Å². The molecule has 2 aromatic heterocycles. The number of fused-ring (bicyclic) bond motifs is 1. The summed E-state index contributed by atoms with van der Waals surface area (Å²) in [6.45, 7) is -0.827. The molecule has 0 spiro atoms. The van der Waals surface area contributed by atoms with Gasteiger partial charge in [-0.25, -0.2) is 27.4 Å². The fraction of sp³-hybridized carbons (Fsp3) is 0.0345. The lowest BCUT2D eigenvalue weighted by Crippen LogP contribution is -2.21. The summed E-state index contributed by atoms with van der Waals surface area (Å²) < 4.78 is 52.0. The van der Waals surface area contributed by atoms with E-state index in [2.05, 4.69) is 5.10 Å². The molecular formula is C29H18F3N3O5. The molecule has 11 heteroatoms. The number of rotatable bonds is 7. The van der Waals surface area contributed by atoms with Crippen molar-refractivity contribution in [2.45, 2.75) is 0 Å². The smallest absolute Gasteiger partial charge is 0.345 e. The van der Waals surface area contributed by atoms with Crippen molar-refractivity contribution >= 4 is 34.6 Å². The summed E-state index contributed by atoms with van der Waals surface area (Å²) in [7, 11) is 0. The van der Waals surface area contributed by atoms with E-state index in [0.29, 0.717) is 28.3 Å². The fourth-order valence-electron chi connectivity index (χ4n) is 3.81. The first kappa shape index (κ1) is 26.2. The number of nitrogens with zero attached hydrogens (tertiary/aromatic N) is 2. The van der Waals surface area contributed by atoms with Crippen LogP contribution in [-0.4, -0.2) is 28.3 Å². The van der Waals surface area contributed by atoms with Gasteiger partial charge in [0, 0.05) is 23.2 Å². The second-order valence-electron chi connectivity index (χ2n) is 8.41. The molecule has 5 aromatic rings. The average molecular weight is 545 g/mol. The fourth-order valence-corrected chi connectivity index (χ4v) is 3.81. The van der Waals surface area contributed by atoms with Crippen LogP contribution >= 0.6 is 0 Å². The number of anilines is 1. The van der Waals surface area contributed by atoms with Crippen LogP contribution in [0.2, 0.25) is 0 Å². The first-order chi connectivity index (χ1) is 19.3. The van der Waals surface area contributed by atoms with E-state index in [-0.39, 0.29) is 11.3 Å². The summed E-state index contributed by atoms with van der Waals surface area (Å²) in [5.41, 5.74) is 0.626. The zero-order valence-electron chi connectivity index (χ0n) is 20.4. The standard InChI is InChI=1S/C29H18F3N3O5/c30-21-11-12-22(27(32)26(21)31)33-24(36)16-39-25(37)13-10-18-15-35(19-7-2-1-3-8-19)34-28(18)20-14-17-6-4-5-9-23(17)40-29(20)38/h1-15H,16H2,(H,33,36)/b13-10+. The van der Waals surface area contributed by atoms with Gasteiger partial charge in [-0.1, -0.05) is 36.4 Å². The van der Waals surface area contributed by atoms with Crippen LogP contribution < -0.4 is 10.9 Å². The molecule has 200 valence electrons. The van der Waals surface area contributed by atoms with E-state index in [1.165, 1.54) is 10.8 Å². The van der Waals surface area contributed by atoms with Gasteiger partial charge < -0.3 is 14.5 Å². The summed E-state index contributed by atoms with van der Waals surface area (Å²) in [6, 6.07) is 19.1. The van der Waals surface area contributed by atoms with Crippen molar-refractivity contribution in [2.75, 3.05) is 11.9 Å². The van der Waals surface area contributed by atoms with Gasteiger partial charge in [0.05, 0.1) is 16.9 Å². The van der Waals surface area contributed by atoms with E-state index < -0.39 is 47.2 Å². The van der Waals surface area contributed by atoms with E-state index in [1.807, 2.05) is 23.5 Å². The van der Waals surface area contributed by atoms with Gasteiger partial charge in [0.2, 0.25) is 0 Å². The van der Waals surface area contributed by atoms with E-state index in [9.17, 15) is 27.6 Å². The van der Waals surface area contributed by atoms with E-state index in [4.69, 9.17) is 9.15 Å². The van der Waals surface area contributed by atoms with Gasteiger partial charge in [0.25, 0.3) is 5.91 Å². The quantitative estimate of drug-likeness (QED) is 0.130. The molecule has 0 aliphatic heterocycles. The second-order valence-corrected chi connectivity index (χ2v) is 8.41. The Morgan fingerprint density at radius 1 is 0.975 bits per heavy atom. The number of carbonyl (C=O) groups excluding carboxylic acids is 2. The predicted molar refractivity (Wildman–Crippen MR) is 140 cm³/mol. The molecule has 0 unspecified atom stereocenters. The molecule has 1 N–H and O–H groups in total. The lowest BCUT2D eigenvalue weighted by atomic mass is 10.1. The lowest BCUT2D eigenvalue weighted by molar-refractivity contribution is -0.142. The minimum absolute atomic E-state index is 0.161. The Labute approximate surface area is 223 Å². The van der Waals surface area contributed by atoms with Gasteiger partial charge in [-0.3, -0.25) is 4.79 Å². The Bertz CT molecular complexity index is 1830. The highest BCUT2D eigenvalue weighted by Gasteiger charge is 2.18. The van der Waals surface area contributed by atoms with Crippen molar-refractivity contribution in [1.82, 2.24) is 9.78 Å². The maximum atomic E-state index is 13.8. The van der Waals surface area contributed by atoms with Gasteiger partial charge >= 0.3 is 11.6 Å². The number of ether oxygens (including phenoxy) is 1. The Hall–Kier alpha value is -5.45. The monoisotopic (exact) mass is 545 g/mol. The summed E-state index contributed by atoms with van der Waals surface area (Å²) >= 11 is 0. The van der Waals surface area contributed by atoms with Crippen molar-refractivity contribution in [3.63, 3.8) is 0 Å². The van der Waals surface area contributed by atoms with Gasteiger partial charge in [-0.2, -0.15) is 5.10 Å². The highest BCUT2D eigenvalue weighted by molar-refractivity contribution is 5.95. The molecule has 8 nitrogen and oxygen atoms in total. The normalized spacial score (nSPS) is 11.2. The molecule has 0 saturated carbocycles. The first-order valence-electron chi connectivity index (χ1n) is 11.8. The summed E-state index contributed by atoms with van der Waals surface area (Å²) in [6.07, 6.45) is 3.97. The van der Waals surface area contributed by atoms with Crippen molar-refractivity contribution < 1.29 is 31.9 Å². The Balaban J connectivity index is 1.37. The molecule has 0 atom stereocenters. The van der Waals surface area contributed by atoms with Crippen LogP contribution in [0, 0.1) is 17.5 Å². The maximum Gasteiger partial charge on any atom is 0.345 e. The lowest BCUT2D eigenvalue weighted by Gasteiger charge is -2.07. The third-order valence-electron chi connectivity index (χ3n) is 5.71. The molecule has 0 radical (unpaired) electrons. The third-order valence-corrected chi connectivity index (χ3v) is 5.71. The molecule has 0 saturated heterocycles. The molecule has 0 aliphatic rings. The summed E-state index contributed by atoms with van der Waals surface area (Å²) in [4.78, 5) is 37.2. The van der Waals surface area contributed by atoms with Crippen LogP contribution in [0.25, 0.3) is 34.0 Å². The van der Waals surface area contributed by atoms with Gasteiger partial charge in [-0.15, -0.1) is 0 Å². The number of esters is 1. The molecule has 40 heavy (non-hydrogen) atoms. The van der Waals surface area contributed by atoms with Gasteiger partial charge in [0.15, 0.2) is 24.1 Å². The minimum Gasteiger partial charge on any atom is -0.452 e. The molecule has 2 heterocycles. The van der Waals surface area contributed by atoms with Crippen molar-refractivity contribution in [2.24, 2.45) is 0 Å². The Morgan fingerprint density at radius 2 is 1.73 bits per heavy atom. The summed E-state index contributed by atoms with van der Waals surface area (Å²) in [5.74, 6) is -6.66. The molecule has 0 bridgehead atoms. The van der Waals surface area contributed by atoms with E-state index in [0.717, 1.165) is 12.1 Å². The number of benzene rings is 3. The maximum absolute atomic E-state index is 13.8. The van der Waals surface area contributed by atoms with Crippen LogP contribution in [0.4, 0.5) is 18.9 Å². The first-order valence-corrected chi connectivity index (χ1v) is 11.8. The molecule has 1 amide bonds. The highest BCUT2D eigenvalue weighted by Crippen LogP contribution is 2.25. The zero-order chi connectivity index (χ0) is 28.2. The number of halogens is 3. The molecule has 5 rings (SSSR count). The molecule has 0 fully saturated rings. The third kappa shape index (κ3) is 5.53. The van der Waals surface area contributed by atoms with Gasteiger partial charge in [0.1, 0.15) is 11.3 Å². The van der Waals surface area contributed by atoms with Crippen LogP contribution in [0.15, 0.2) is 94.3 Å². The Kier molecular flexibility index (Phi) is 7.27. The largest absolute Gasteiger partial charge is 0.452 e. The van der Waals surface area contributed by atoms with Crippen LogP contribution in [0.3, 0.4) is 0 Å². The number of hydrogen-bond acceptors (Lipinski definition) is 6. The predicted octanol–water partition coefficient (Wildman–Crippen LogP) is 5.26. The van der Waals surface area contributed by atoms with Crippen LogP contribution in [0.1, 0.15) is 5.56 Å². The van der Waals surface area contributed by atoms with Crippen molar-refractivity contribution in [3.8, 4) is 16.9 Å². The molecular weight excluding hydrogens is 527 g/mol.